The summed E-state index contributed by atoms with van der Waals surface area (Å²) in [6.07, 6.45) is 5.66. The number of nitrogens with one attached hydrogen (secondary N) is 1. The predicted octanol–water partition coefficient (Wildman–Crippen LogP) is 3.87. The number of nitrogens with zero attached hydrogens (tertiary/aromatic N) is 1. The number of hydrogen-bond acceptors (Lipinski definition) is 2. The lowest BCUT2D eigenvalue weighted by atomic mass is 9.88. The maximum Gasteiger partial charge on any atom is 0.194 e. The molecule has 0 heterocycles. The van der Waals surface area contributed by atoms with E-state index < -0.39 is 0 Å². The summed E-state index contributed by atoms with van der Waals surface area (Å²) in [6, 6.07) is 7.29. The van der Waals surface area contributed by atoms with Gasteiger partial charge in [-0.3, -0.25) is 0 Å². The molecule has 0 bridgehead atoms. The molecule has 0 aliphatic carbocycles. The second-order valence-corrected chi connectivity index (χ2v) is 6.27. The Morgan fingerprint density at radius 2 is 1.82 bits per heavy atom. The Balaban J connectivity index is 0.00000441. The number of nitrogens with two attached hydrogens (primary N) is 1. The average Bonchev–Trinajstić information content (AvgIpc) is 2.36. The Hall–Kier alpha value is -1.42. The van der Waals surface area contributed by atoms with E-state index in [1.165, 1.54) is 0 Å². The molecule has 0 aromatic heterocycles. The summed E-state index contributed by atoms with van der Waals surface area (Å²) in [4.78, 5) is 4.35. The lowest BCUT2D eigenvalue weighted by molar-refractivity contribution is 0.242. The summed E-state index contributed by atoms with van der Waals surface area (Å²) in [5, 5.41) is 3.04. The summed E-state index contributed by atoms with van der Waals surface area (Å²) >= 11 is 0. The van der Waals surface area contributed by atoms with Gasteiger partial charge in [0.05, 0.1) is 6.10 Å². The van der Waals surface area contributed by atoms with Crippen molar-refractivity contribution in [1.29, 1.82) is 0 Å². The lowest BCUT2D eigenvalue weighted by Gasteiger charge is -2.23. The Morgan fingerprint density at radius 1 is 1.27 bits per heavy atom. The van der Waals surface area contributed by atoms with Crippen LogP contribution in [0.2, 0.25) is 0 Å². The monoisotopic (exact) mass is 415 g/mol. The molecule has 0 aliphatic rings. The van der Waals surface area contributed by atoms with Crippen molar-refractivity contribution < 1.29 is 4.74 Å². The molecule has 122 valence electrons. The van der Waals surface area contributed by atoms with Crippen LogP contribution in [-0.4, -0.2) is 18.1 Å². The number of aliphatic imine (C=N–C) groups is 1. The van der Waals surface area contributed by atoms with Gasteiger partial charge < -0.3 is 15.8 Å². The molecule has 1 atom stereocenters. The third kappa shape index (κ3) is 7.03. The zero-order valence-corrected chi connectivity index (χ0v) is 16.2. The van der Waals surface area contributed by atoms with Gasteiger partial charge in [-0.05, 0) is 43.5 Å². The van der Waals surface area contributed by atoms with Gasteiger partial charge in [0.15, 0.2) is 5.96 Å². The Labute approximate surface area is 150 Å². The molecule has 0 saturated carbocycles. The topological polar surface area (TPSA) is 59.6 Å². The lowest BCUT2D eigenvalue weighted by Crippen LogP contribution is -2.30. The highest BCUT2D eigenvalue weighted by molar-refractivity contribution is 14.0. The van der Waals surface area contributed by atoms with E-state index in [1.54, 1.807) is 0 Å². The SMILES string of the molecule is C#CC(N=C(N)Nc1ccc(OC(C)C)cc1)C(C)(C)C.I. The van der Waals surface area contributed by atoms with E-state index in [0.717, 1.165) is 11.4 Å². The number of anilines is 1. The Bertz CT molecular complexity index is 524. The number of hydrogen-bond donors (Lipinski definition) is 2. The molecule has 0 amide bonds. The van der Waals surface area contributed by atoms with Gasteiger partial charge in [0, 0.05) is 5.69 Å². The van der Waals surface area contributed by atoms with Crippen LogP contribution in [0.5, 0.6) is 5.75 Å². The molecule has 1 aromatic rings. The maximum absolute atomic E-state index is 5.91. The van der Waals surface area contributed by atoms with Gasteiger partial charge in [-0.25, -0.2) is 4.99 Å². The molecule has 4 nitrogen and oxygen atoms in total. The number of halogens is 1. The molecule has 0 saturated heterocycles. The summed E-state index contributed by atoms with van der Waals surface area (Å²) in [5.41, 5.74) is 6.63. The van der Waals surface area contributed by atoms with Crippen LogP contribution in [0, 0.1) is 17.8 Å². The first-order valence-electron chi connectivity index (χ1n) is 7.05. The first kappa shape index (κ1) is 20.6. The van der Waals surface area contributed by atoms with Crippen LogP contribution in [0.25, 0.3) is 0 Å². The molecule has 0 fully saturated rings. The smallest absolute Gasteiger partial charge is 0.194 e. The quantitative estimate of drug-likeness (QED) is 0.340. The predicted molar refractivity (Wildman–Crippen MR) is 105 cm³/mol. The highest BCUT2D eigenvalue weighted by Gasteiger charge is 2.22. The van der Waals surface area contributed by atoms with Gasteiger partial charge in [-0.1, -0.05) is 26.7 Å². The van der Waals surface area contributed by atoms with E-state index in [1.807, 2.05) is 58.9 Å². The van der Waals surface area contributed by atoms with E-state index in [0.29, 0.717) is 5.96 Å². The molecule has 22 heavy (non-hydrogen) atoms. The first-order valence-corrected chi connectivity index (χ1v) is 7.05. The Kier molecular flexibility index (Phi) is 8.31. The standard InChI is InChI=1S/C17H25N3O.HI/c1-7-15(17(4,5)6)20-16(18)19-13-8-10-14(11-9-13)21-12(2)3;/h1,8-12,15H,2-6H3,(H3,18,19,20);1H. The number of benzene rings is 1. The van der Waals surface area contributed by atoms with Crippen LogP contribution in [0.3, 0.4) is 0 Å². The van der Waals surface area contributed by atoms with Crippen molar-refractivity contribution in [3.8, 4) is 18.1 Å². The maximum atomic E-state index is 5.91. The molecule has 0 spiro atoms. The second kappa shape index (κ2) is 8.89. The first-order chi connectivity index (χ1) is 9.72. The van der Waals surface area contributed by atoms with Gasteiger partial charge in [0.2, 0.25) is 0 Å². The highest BCUT2D eigenvalue weighted by Crippen LogP contribution is 2.22. The highest BCUT2D eigenvalue weighted by atomic mass is 127. The van der Waals surface area contributed by atoms with Crippen molar-refractivity contribution in [2.24, 2.45) is 16.1 Å². The summed E-state index contributed by atoms with van der Waals surface area (Å²) in [6.45, 7) is 10.1. The minimum Gasteiger partial charge on any atom is -0.491 e. The molecule has 0 radical (unpaired) electrons. The molecule has 1 aromatic carbocycles. The van der Waals surface area contributed by atoms with Crippen LogP contribution in [0.1, 0.15) is 34.6 Å². The van der Waals surface area contributed by atoms with Crippen LogP contribution < -0.4 is 15.8 Å². The van der Waals surface area contributed by atoms with Crippen LogP contribution >= 0.6 is 24.0 Å². The molecule has 1 rings (SSSR count). The number of ether oxygens (including phenoxy) is 1. The van der Waals surface area contributed by atoms with Crippen molar-refractivity contribution in [3.63, 3.8) is 0 Å². The van der Waals surface area contributed by atoms with Crippen LogP contribution in [-0.2, 0) is 0 Å². The third-order valence-corrected chi connectivity index (χ3v) is 2.74. The van der Waals surface area contributed by atoms with Gasteiger partial charge in [0.1, 0.15) is 11.8 Å². The van der Waals surface area contributed by atoms with E-state index in [4.69, 9.17) is 16.9 Å². The fourth-order valence-electron chi connectivity index (χ4n) is 1.69. The molecule has 0 aliphatic heterocycles. The molecule has 5 heteroatoms. The Morgan fingerprint density at radius 3 is 2.23 bits per heavy atom. The van der Waals surface area contributed by atoms with Crippen LogP contribution in [0.4, 0.5) is 5.69 Å². The second-order valence-electron chi connectivity index (χ2n) is 6.27. The van der Waals surface area contributed by atoms with E-state index in [9.17, 15) is 0 Å². The summed E-state index contributed by atoms with van der Waals surface area (Å²) < 4.78 is 5.58. The van der Waals surface area contributed by atoms with Crippen molar-refractivity contribution in [3.05, 3.63) is 24.3 Å². The average molecular weight is 415 g/mol. The fraction of sp³-hybridized carbons (Fsp3) is 0.471. The van der Waals surface area contributed by atoms with E-state index in [2.05, 4.69) is 16.2 Å². The summed E-state index contributed by atoms with van der Waals surface area (Å²) in [7, 11) is 0. The fourth-order valence-corrected chi connectivity index (χ4v) is 1.69. The zero-order valence-electron chi connectivity index (χ0n) is 13.9. The van der Waals surface area contributed by atoms with E-state index in [-0.39, 0.29) is 41.5 Å². The number of guanidine groups is 1. The molecule has 1 unspecified atom stereocenters. The van der Waals surface area contributed by atoms with Crippen molar-refractivity contribution in [2.45, 2.75) is 46.8 Å². The van der Waals surface area contributed by atoms with Crippen molar-refractivity contribution >= 4 is 35.6 Å². The minimum atomic E-state index is -0.270. The minimum absolute atomic E-state index is 0. The normalized spacial score (nSPS) is 13.0. The summed E-state index contributed by atoms with van der Waals surface area (Å²) in [5.74, 6) is 3.79. The third-order valence-electron chi connectivity index (χ3n) is 2.74. The molecule has 3 N–H and O–H groups in total. The van der Waals surface area contributed by atoms with Gasteiger partial charge in [-0.15, -0.1) is 30.4 Å². The number of terminal acetylenes is 1. The van der Waals surface area contributed by atoms with E-state index >= 15 is 0 Å². The molecular weight excluding hydrogens is 389 g/mol. The van der Waals surface area contributed by atoms with Gasteiger partial charge in [-0.2, -0.15) is 0 Å². The van der Waals surface area contributed by atoms with Gasteiger partial charge >= 0.3 is 0 Å². The molecular formula is C17H26IN3O. The van der Waals surface area contributed by atoms with Crippen molar-refractivity contribution in [2.75, 3.05) is 5.32 Å². The largest absolute Gasteiger partial charge is 0.491 e. The van der Waals surface area contributed by atoms with Crippen LogP contribution in [0.15, 0.2) is 29.3 Å². The number of rotatable bonds is 4. The zero-order chi connectivity index (χ0) is 16.0. The van der Waals surface area contributed by atoms with Crippen molar-refractivity contribution in [1.82, 2.24) is 0 Å². The van der Waals surface area contributed by atoms with Gasteiger partial charge in [0.25, 0.3) is 0 Å².